The van der Waals surface area contributed by atoms with Crippen molar-refractivity contribution in [3.05, 3.63) is 17.7 Å². The van der Waals surface area contributed by atoms with Gasteiger partial charge in [0.15, 0.2) is 11.5 Å². The van der Waals surface area contributed by atoms with E-state index in [2.05, 4.69) is 16.7 Å². The van der Waals surface area contributed by atoms with E-state index in [0.29, 0.717) is 11.5 Å². The minimum absolute atomic E-state index is 0.0741. The van der Waals surface area contributed by atoms with E-state index in [1.165, 1.54) is 25.7 Å². The largest absolute Gasteiger partial charge is 0.502 e. The van der Waals surface area contributed by atoms with Gasteiger partial charge in [-0.15, -0.1) is 0 Å². The van der Waals surface area contributed by atoms with Crippen LogP contribution in [0.5, 0.6) is 17.2 Å². The molecule has 3 rings (SSSR count). The van der Waals surface area contributed by atoms with Gasteiger partial charge in [0.1, 0.15) is 0 Å². The summed E-state index contributed by atoms with van der Waals surface area (Å²) in [6, 6.07) is 4.61. The fourth-order valence-corrected chi connectivity index (χ4v) is 4.32. The Balaban J connectivity index is 1.57. The first-order chi connectivity index (χ1) is 12.1. The van der Waals surface area contributed by atoms with Crippen molar-refractivity contribution in [2.24, 2.45) is 5.92 Å². The van der Waals surface area contributed by atoms with Crippen LogP contribution in [0.4, 0.5) is 0 Å². The van der Waals surface area contributed by atoms with Gasteiger partial charge >= 0.3 is 0 Å². The Morgan fingerprint density at radius 3 is 2.24 bits per heavy atom. The van der Waals surface area contributed by atoms with Gasteiger partial charge in [0, 0.05) is 38.8 Å². The predicted molar refractivity (Wildman–Crippen MR) is 99.5 cm³/mol. The van der Waals surface area contributed by atoms with Crippen LogP contribution in [0.15, 0.2) is 12.1 Å². The van der Waals surface area contributed by atoms with Crippen molar-refractivity contribution in [3.63, 3.8) is 0 Å². The van der Waals surface area contributed by atoms with Crippen LogP contribution in [0.1, 0.15) is 38.2 Å². The van der Waals surface area contributed by atoms with Crippen LogP contribution in [0.2, 0.25) is 0 Å². The predicted octanol–water partition coefficient (Wildman–Crippen LogP) is 3.11. The summed E-state index contributed by atoms with van der Waals surface area (Å²) in [5, 5.41) is 10.0. The molecule has 0 aromatic heterocycles. The quantitative estimate of drug-likeness (QED) is 0.886. The number of phenols is 1. The summed E-state index contributed by atoms with van der Waals surface area (Å²) in [6.45, 7) is 7.76. The molecule has 0 spiro atoms. The van der Waals surface area contributed by atoms with Gasteiger partial charge in [-0.3, -0.25) is 9.80 Å². The van der Waals surface area contributed by atoms with Crippen molar-refractivity contribution in [3.8, 4) is 17.2 Å². The molecule has 1 aliphatic carbocycles. The number of benzene rings is 1. The van der Waals surface area contributed by atoms with E-state index in [4.69, 9.17) is 9.47 Å². The van der Waals surface area contributed by atoms with E-state index >= 15 is 0 Å². The maximum Gasteiger partial charge on any atom is 0.200 e. The van der Waals surface area contributed by atoms with E-state index in [9.17, 15) is 5.11 Å². The molecule has 2 aliphatic rings. The zero-order valence-corrected chi connectivity index (χ0v) is 15.8. The molecule has 2 atom stereocenters. The molecule has 0 radical (unpaired) electrons. The highest BCUT2D eigenvalue weighted by molar-refractivity contribution is 5.52. The van der Waals surface area contributed by atoms with E-state index in [1.54, 1.807) is 14.2 Å². The molecule has 1 saturated carbocycles. The Morgan fingerprint density at radius 2 is 1.68 bits per heavy atom. The lowest BCUT2D eigenvalue weighted by molar-refractivity contribution is 0.0658. The number of rotatable bonds is 5. The maximum absolute atomic E-state index is 10.0. The first kappa shape index (κ1) is 18.3. The smallest absolute Gasteiger partial charge is 0.200 e. The number of methoxy groups -OCH3 is 2. The lowest BCUT2D eigenvalue weighted by Crippen LogP contribution is -2.50. The fraction of sp³-hybridized carbons (Fsp3) is 0.700. The molecular formula is C20H32N2O3. The number of hydrogen-bond donors (Lipinski definition) is 1. The van der Waals surface area contributed by atoms with Crippen LogP contribution in [0.25, 0.3) is 0 Å². The summed E-state index contributed by atoms with van der Waals surface area (Å²) in [5.74, 6) is 1.91. The molecule has 140 valence electrons. The SMILES string of the molecule is COc1cc(CN2CCN([C@@H]3CCC[C@H](C)C3)CC2)cc(OC)c1O. The standard InChI is InChI=1S/C20H32N2O3/c1-15-5-4-6-17(11-15)22-9-7-21(8-10-22)14-16-12-18(24-2)20(23)19(13-16)25-3/h12-13,15,17,23H,4-11,14H2,1-3H3/t15-,17+/m0/s1. The monoisotopic (exact) mass is 348 g/mol. The second kappa shape index (κ2) is 8.28. The van der Waals surface area contributed by atoms with Crippen LogP contribution in [-0.4, -0.2) is 61.3 Å². The molecule has 0 unspecified atom stereocenters. The van der Waals surface area contributed by atoms with Gasteiger partial charge in [-0.25, -0.2) is 0 Å². The third kappa shape index (κ3) is 4.39. The average molecular weight is 348 g/mol. The number of piperazine rings is 1. The van der Waals surface area contributed by atoms with E-state index in [0.717, 1.165) is 50.2 Å². The maximum atomic E-state index is 10.0. The molecule has 1 N–H and O–H groups in total. The number of ether oxygens (including phenoxy) is 2. The minimum Gasteiger partial charge on any atom is -0.502 e. The Bertz CT molecular complexity index is 545. The summed E-state index contributed by atoms with van der Waals surface area (Å²) in [4.78, 5) is 5.18. The Kier molecular flexibility index (Phi) is 6.07. The molecule has 1 saturated heterocycles. The molecule has 5 heteroatoms. The molecule has 0 bridgehead atoms. The average Bonchev–Trinajstić information content (AvgIpc) is 2.63. The summed E-state index contributed by atoms with van der Waals surface area (Å²) in [6.07, 6.45) is 5.53. The second-order valence-corrected chi connectivity index (χ2v) is 7.59. The topological polar surface area (TPSA) is 45.2 Å². The molecule has 1 aromatic carbocycles. The Labute approximate surface area is 151 Å². The first-order valence-electron chi connectivity index (χ1n) is 9.51. The third-order valence-electron chi connectivity index (χ3n) is 5.78. The molecule has 1 aliphatic heterocycles. The lowest BCUT2D eigenvalue weighted by atomic mass is 9.86. The highest BCUT2D eigenvalue weighted by atomic mass is 16.5. The highest BCUT2D eigenvalue weighted by Crippen LogP contribution is 2.37. The van der Waals surface area contributed by atoms with E-state index in [-0.39, 0.29) is 5.75 Å². The lowest BCUT2D eigenvalue weighted by Gasteiger charge is -2.42. The van der Waals surface area contributed by atoms with Crippen LogP contribution in [-0.2, 0) is 6.54 Å². The van der Waals surface area contributed by atoms with E-state index in [1.807, 2.05) is 12.1 Å². The zero-order valence-electron chi connectivity index (χ0n) is 15.8. The molecule has 1 heterocycles. The minimum atomic E-state index is 0.0741. The Hall–Kier alpha value is -1.46. The van der Waals surface area contributed by atoms with Gasteiger partial charge < -0.3 is 14.6 Å². The van der Waals surface area contributed by atoms with Crippen LogP contribution < -0.4 is 9.47 Å². The van der Waals surface area contributed by atoms with Gasteiger partial charge in [0.2, 0.25) is 5.75 Å². The third-order valence-corrected chi connectivity index (χ3v) is 5.78. The van der Waals surface area contributed by atoms with Crippen molar-refractivity contribution in [1.29, 1.82) is 0 Å². The molecular weight excluding hydrogens is 316 g/mol. The van der Waals surface area contributed by atoms with E-state index < -0.39 is 0 Å². The number of nitrogens with zero attached hydrogens (tertiary/aromatic N) is 2. The second-order valence-electron chi connectivity index (χ2n) is 7.59. The molecule has 1 aromatic rings. The van der Waals surface area contributed by atoms with Crippen molar-refractivity contribution in [2.45, 2.75) is 45.2 Å². The molecule has 5 nitrogen and oxygen atoms in total. The first-order valence-corrected chi connectivity index (χ1v) is 9.51. The van der Waals surface area contributed by atoms with Crippen molar-refractivity contribution in [1.82, 2.24) is 9.80 Å². The summed E-state index contributed by atoms with van der Waals surface area (Å²) < 4.78 is 10.5. The van der Waals surface area contributed by atoms with Crippen LogP contribution in [0, 0.1) is 5.92 Å². The number of aromatic hydroxyl groups is 1. The fourth-order valence-electron chi connectivity index (χ4n) is 4.32. The van der Waals surface area contributed by atoms with Gasteiger partial charge in [-0.1, -0.05) is 19.8 Å². The highest BCUT2D eigenvalue weighted by Gasteiger charge is 2.27. The zero-order chi connectivity index (χ0) is 17.8. The van der Waals surface area contributed by atoms with Gasteiger partial charge in [-0.05, 0) is 36.5 Å². The molecule has 25 heavy (non-hydrogen) atoms. The Morgan fingerprint density at radius 1 is 1.04 bits per heavy atom. The summed E-state index contributed by atoms with van der Waals surface area (Å²) in [7, 11) is 3.14. The summed E-state index contributed by atoms with van der Waals surface area (Å²) >= 11 is 0. The molecule has 0 amide bonds. The molecule has 2 fully saturated rings. The number of phenolic OH excluding ortho intramolecular Hbond substituents is 1. The van der Waals surface area contributed by atoms with Crippen molar-refractivity contribution in [2.75, 3.05) is 40.4 Å². The van der Waals surface area contributed by atoms with Gasteiger partial charge in [0.05, 0.1) is 14.2 Å². The van der Waals surface area contributed by atoms with Crippen molar-refractivity contribution < 1.29 is 14.6 Å². The van der Waals surface area contributed by atoms with Gasteiger partial charge in [-0.2, -0.15) is 0 Å². The normalized spacial score (nSPS) is 25.7. The van der Waals surface area contributed by atoms with Crippen LogP contribution >= 0.6 is 0 Å². The van der Waals surface area contributed by atoms with Crippen molar-refractivity contribution >= 4 is 0 Å². The van der Waals surface area contributed by atoms with Gasteiger partial charge in [0.25, 0.3) is 0 Å². The summed E-state index contributed by atoms with van der Waals surface area (Å²) in [5.41, 5.74) is 1.12. The number of hydrogen-bond acceptors (Lipinski definition) is 5. The van der Waals surface area contributed by atoms with Crippen LogP contribution in [0.3, 0.4) is 0 Å².